The first-order valence-corrected chi connectivity index (χ1v) is 5.34. The summed E-state index contributed by atoms with van der Waals surface area (Å²) in [7, 11) is 0. The van der Waals surface area contributed by atoms with Crippen molar-refractivity contribution in [1.29, 1.82) is 0 Å². The maximum absolute atomic E-state index is 9.72. The van der Waals surface area contributed by atoms with Crippen LogP contribution in [0.3, 0.4) is 0 Å². The van der Waals surface area contributed by atoms with Gasteiger partial charge in [0.05, 0.1) is 32.8 Å². The van der Waals surface area contributed by atoms with E-state index in [1.54, 1.807) is 0 Å². The van der Waals surface area contributed by atoms with Crippen molar-refractivity contribution in [2.24, 2.45) is 0 Å². The van der Waals surface area contributed by atoms with Crippen LogP contribution in [0.15, 0.2) is 0 Å². The number of carboxylic acids is 2. The lowest BCUT2D eigenvalue weighted by atomic mass is 10.3. The predicted molar refractivity (Wildman–Crippen MR) is 60.3 cm³/mol. The van der Waals surface area contributed by atoms with Crippen molar-refractivity contribution in [2.75, 3.05) is 33.0 Å². The van der Waals surface area contributed by atoms with E-state index in [-0.39, 0.29) is 6.61 Å². The molecule has 8 nitrogen and oxygen atoms in total. The fraction of sp³-hybridized carbons (Fsp3) is 0.800. The summed E-state index contributed by atoms with van der Waals surface area (Å²) in [4.78, 5) is 19.4. The highest BCUT2D eigenvalue weighted by Gasteiger charge is 2.16. The van der Waals surface area contributed by atoms with Gasteiger partial charge in [-0.1, -0.05) is 0 Å². The average Bonchev–Trinajstić information content (AvgIpc) is 2.29. The Kier molecular flexibility index (Phi) is 14.7. The normalized spacial score (nSPS) is 11.3. The molecule has 0 aliphatic carbocycles. The Balaban J connectivity index is 0. The van der Waals surface area contributed by atoms with Crippen molar-refractivity contribution >= 4 is 11.9 Å². The standard InChI is InChI=1S/C6H14O3.C4H6O5/c1-2-8-5-6-9-4-3-7;5-2(4(8)9)1-3(6)7/h7H,2-6H2,1H3;2,5H,1H2,(H,6,7)(H,8,9). The van der Waals surface area contributed by atoms with E-state index >= 15 is 0 Å². The number of aliphatic hydroxyl groups excluding tert-OH is 2. The lowest BCUT2D eigenvalue weighted by Gasteiger charge is -2.00. The van der Waals surface area contributed by atoms with Crippen LogP contribution in [0.4, 0.5) is 0 Å². The van der Waals surface area contributed by atoms with E-state index in [1.807, 2.05) is 6.92 Å². The van der Waals surface area contributed by atoms with E-state index in [0.717, 1.165) is 6.61 Å². The average molecular weight is 268 g/mol. The molecule has 0 spiro atoms. The van der Waals surface area contributed by atoms with Gasteiger partial charge in [0.25, 0.3) is 0 Å². The minimum atomic E-state index is -1.79. The lowest BCUT2D eigenvalue weighted by Crippen LogP contribution is -2.22. The summed E-state index contributed by atoms with van der Waals surface area (Å²) in [5, 5.41) is 32.4. The summed E-state index contributed by atoms with van der Waals surface area (Å²) in [6.07, 6.45) is -2.54. The number of hydrogen-bond acceptors (Lipinski definition) is 6. The van der Waals surface area contributed by atoms with Crippen LogP contribution in [0.2, 0.25) is 0 Å². The number of carbonyl (C=O) groups is 2. The van der Waals surface area contributed by atoms with Gasteiger partial charge in [-0.05, 0) is 6.92 Å². The maximum atomic E-state index is 9.72. The van der Waals surface area contributed by atoms with Gasteiger partial charge in [0.1, 0.15) is 0 Å². The third-order valence-corrected chi connectivity index (χ3v) is 1.46. The molecule has 0 rings (SSSR count). The van der Waals surface area contributed by atoms with Crippen LogP contribution in [0, 0.1) is 0 Å². The molecule has 0 bridgehead atoms. The number of hydrogen-bond donors (Lipinski definition) is 4. The van der Waals surface area contributed by atoms with E-state index in [1.165, 1.54) is 0 Å². The fourth-order valence-corrected chi connectivity index (χ4v) is 0.682. The highest BCUT2D eigenvalue weighted by molar-refractivity contribution is 5.79. The number of aliphatic carboxylic acids is 2. The Bertz CT molecular complexity index is 212. The van der Waals surface area contributed by atoms with Gasteiger partial charge in [0.2, 0.25) is 0 Å². The molecule has 0 amide bonds. The van der Waals surface area contributed by atoms with Crippen LogP contribution in [0.1, 0.15) is 13.3 Å². The summed E-state index contributed by atoms with van der Waals surface area (Å²) < 4.78 is 9.88. The SMILES string of the molecule is CCOCCOCCO.O=C(O)CC(O)C(=O)O. The zero-order chi connectivity index (χ0) is 14.4. The highest BCUT2D eigenvalue weighted by atomic mass is 16.5. The molecular weight excluding hydrogens is 248 g/mol. The summed E-state index contributed by atoms with van der Waals surface area (Å²) in [6, 6.07) is 0. The van der Waals surface area contributed by atoms with Crippen LogP contribution in [0.5, 0.6) is 0 Å². The summed E-state index contributed by atoms with van der Waals surface area (Å²) >= 11 is 0. The van der Waals surface area contributed by atoms with Crippen LogP contribution in [-0.2, 0) is 19.1 Å². The van der Waals surface area contributed by atoms with E-state index in [9.17, 15) is 9.59 Å². The topological polar surface area (TPSA) is 134 Å². The molecule has 0 saturated carbocycles. The van der Waals surface area contributed by atoms with E-state index in [0.29, 0.717) is 19.8 Å². The predicted octanol–water partition coefficient (Wildman–Crippen LogP) is -1.06. The van der Waals surface area contributed by atoms with Gasteiger partial charge >= 0.3 is 11.9 Å². The summed E-state index contributed by atoms with van der Waals surface area (Å²) in [5.74, 6) is -2.85. The van der Waals surface area contributed by atoms with Crippen molar-refractivity contribution in [3.05, 3.63) is 0 Å². The molecule has 108 valence electrons. The fourth-order valence-electron chi connectivity index (χ4n) is 0.682. The zero-order valence-electron chi connectivity index (χ0n) is 10.2. The van der Waals surface area contributed by atoms with Gasteiger partial charge < -0.3 is 29.9 Å². The van der Waals surface area contributed by atoms with Crippen LogP contribution >= 0.6 is 0 Å². The van der Waals surface area contributed by atoms with Gasteiger partial charge in [0, 0.05) is 6.61 Å². The molecule has 0 saturated heterocycles. The molecule has 0 aliphatic heterocycles. The zero-order valence-corrected chi connectivity index (χ0v) is 10.2. The van der Waals surface area contributed by atoms with E-state index < -0.39 is 24.5 Å². The lowest BCUT2D eigenvalue weighted by molar-refractivity contribution is -0.152. The molecule has 0 fully saturated rings. The van der Waals surface area contributed by atoms with Gasteiger partial charge in [-0.2, -0.15) is 0 Å². The Morgan fingerprint density at radius 3 is 2.00 bits per heavy atom. The Labute approximate surface area is 105 Å². The van der Waals surface area contributed by atoms with E-state index in [2.05, 4.69) is 0 Å². The first kappa shape index (κ1) is 19.1. The number of carboxylic acid groups (broad SMARTS) is 2. The molecule has 1 atom stereocenters. The number of ether oxygens (including phenoxy) is 2. The first-order chi connectivity index (χ1) is 8.45. The van der Waals surface area contributed by atoms with Crippen molar-refractivity contribution in [3.8, 4) is 0 Å². The number of rotatable bonds is 9. The molecule has 0 aliphatic rings. The molecule has 0 aromatic rings. The summed E-state index contributed by atoms with van der Waals surface area (Å²) in [5.41, 5.74) is 0. The molecule has 18 heavy (non-hydrogen) atoms. The van der Waals surface area contributed by atoms with Crippen molar-refractivity contribution < 1.29 is 39.5 Å². The minimum absolute atomic E-state index is 0.0894. The highest BCUT2D eigenvalue weighted by Crippen LogP contribution is 1.89. The van der Waals surface area contributed by atoms with Crippen LogP contribution in [0.25, 0.3) is 0 Å². The van der Waals surface area contributed by atoms with Crippen molar-refractivity contribution in [3.63, 3.8) is 0 Å². The van der Waals surface area contributed by atoms with Gasteiger partial charge in [0.15, 0.2) is 6.10 Å². The second-order valence-electron chi connectivity index (χ2n) is 2.98. The number of aliphatic hydroxyl groups is 2. The third-order valence-electron chi connectivity index (χ3n) is 1.46. The second kappa shape index (κ2) is 13.8. The molecule has 1 unspecified atom stereocenters. The Morgan fingerprint density at radius 2 is 1.67 bits per heavy atom. The smallest absolute Gasteiger partial charge is 0.333 e. The monoisotopic (exact) mass is 268 g/mol. The molecular formula is C10H20O8. The largest absolute Gasteiger partial charge is 0.481 e. The Hall–Kier alpha value is -1.22. The Morgan fingerprint density at radius 1 is 1.11 bits per heavy atom. The minimum Gasteiger partial charge on any atom is -0.481 e. The molecule has 0 aromatic heterocycles. The molecule has 0 radical (unpaired) electrons. The molecule has 8 heteroatoms. The molecule has 4 N–H and O–H groups in total. The maximum Gasteiger partial charge on any atom is 0.333 e. The van der Waals surface area contributed by atoms with Crippen molar-refractivity contribution in [2.45, 2.75) is 19.4 Å². The van der Waals surface area contributed by atoms with Gasteiger partial charge in [-0.3, -0.25) is 4.79 Å². The van der Waals surface area contributed by atoms with Gasteiger partial charge in [-0.15, -0.1) is 0 Å². The molecule has 0 heterocycles. The van der Waals surface area contributed by atoms with Crippen molar-refractivity contribution in [1.82, 2.24) is 0 Å². The quantitative estimate of drug-likeness (QED) is 0.389. The summed E-state index contributed by atoms with van der Waals surface area (Å²) in [6.45, 7) is 4.36. The second-order valence-corrected chi connectivity index (χ2v) is 2.98. The first-order valence-electron chi connectivity index (χ1n) is 5.34. The van der Waals surface area contributed by atoms with Crippen LogP contribution < -0.4 is 0 Å². The van der Waals surface area contributed by atoms with Crippen LogP contribution in [-0.4, -0.2) is 71.5 Å². The van der Waals surface area contributed by atoms with E-state index in [4.69, 9.17) is 29.9 Å². The third kappa shape index (κ3) is 17.2. The molecule has 0 aromatic carbocycles. The van der Waals surface area contributed by atoms with Gasteiger partial charge in [-0.25, -0.2) is 4.79 Å².